The zero-order chi connectivity index (χ0) is 20.0. The summed E-state index contributed by atoms with van der Waals surface area (Å²) in [6.07, 6.45) is 0.753. The number of aromatic nitrogens is 2. The van der Waals surface area contributed by atoms with Crippen LogP contribution in [0.2, 0.25) is 0 Å². The van der Waals surface area contributed by atoms with Crippen LogP contribution in [0.15, 0.2) is 48.5 Å². The Morgan fingerprint density at radius 1 is 1.10 bits per heavy atom. The van der Waals surface area contributed by atoms with Gasteiger partial charge in [0, 0.05) is 47.3 Å². The molecule has 29 heavy (non-hydrogen) atoms. The average Bonchev–Trinajstić information content (AvgIpc) is 3.30. The molecule has 3 N–H and O–H groups in total. The lowest BCUT2D eigenvalue weighted by Gasteiger charge is -2.38. The summed E-state index contributed by atoms with van der Waals surface area (Å²) in [4.78, 5) is 10.6. The highest BCUT2D eigenvalue weighted by atomic mass is 32.2. The van der Waals surface area contributed by atoms with Gasteiger partial charge in [-0.15, -0.1) is 0 Å². The van der Waals surface area contributed by atoms with Crippen LogP contribution in [0.25, 0.3) is 11.4 Å². The number of imidazole rings is 1. The molecular formula is C22H22F2N4S. The van der Waals surface area contributed by atoms with Gasteiger partial charge in [0.1, 0.15) is 17.5 Å². The minimum atomic E-state index is -0.422. The number of nitrogens with two attached hydrogens (primary N) is 1. The van der Waals surface area contributed by atoms with Crippen LogP contribution in [0.4, 0.5) is 8.78 Å². The Balaban J connectivity index is 1.26. The van der Waals surface area contributed by atoms with E-state index in [0.29, 0.717) is 11.6 Å². The van der Waals surface area contributed by atoms with Crippen molar-refractivity contribution < 1.29 is 8.78 Å². The first-order valence-electron chi connectivity index (χ1n) is 9.78. The quantitative estimate of drug-likeness (QED) is 0.676. The Kier molecular flexibility index (Phi) is 4.89. The van der Waals surface area contributed by atoms with E-state index in [4.69, 9.17) is 10.7 Å². The van der Waals surface area contributed by atoms with E-state index in [9.17, 15) is 8.78 Å². The van der Waals surface area contributed by atoms with Crippen LogP contribution in [0.3, 0.4) is 0 Å². The van der Waals surface area contributed by atoms with Gasteiger partial charge in [-0.2, -0.15) is 11.8 Å². The van der Waals surface area contributed by atoms with Gasteiger partial charge in [-0.25, -0.2) is 13.8 Å². The van der Waals surface area contributed by atoms with E-state index in [-0.39, 0.29) is 17.1 Å². The van der Waals surface area contributed by atoms with Gasteiger partial charge in [-0.3, -0.25) is 4.90 Å². The highest BCUT2D eigenvalue weighted by Crippen LogP contribution is 2.41. The molecule has 1 aromatic heterocycles. The number of nitrogens with zero attached hydrogens (tertiary/aromatic N) is 2. The van der Waals surface area contributed by atoms with Crippen LogP contribution < -0.4 is 5.73 Å². The number of hydrogen-bond donors (Lipinski definition) is 2. The van der Waals surface area contributed by atoms with Gasteiger partial charge in [-0.1, -0.05) is 30.3 Å². The lowest BCUT2D eigenvalue weighted by Crippen LogP contribution is -2.44. The van der Waals surface area contributed by atoms with E-state index < -0.39 is 5.82 Å². The third-order valence-corrected chi connectivity index (χ3v) is 7.35. The predicted molar refractivity (Wildman–Crippen MR) is 111 cm³/mol. The average molecular weight is 413 g/mol. The predicted octanol–water partition coefficient (Wildman–Crippen LogP) is 4.24. The maximum Gasteiger partial charge on any atom is 0.137 e. The molecule has 0 radical (unpaired) electrons. The smallest absolute Gasteiger partial charge is 0.137 e. The van der Waals surface area contributed by atoms with Crippen molar-refractivity contribution in [3.8, 4) is 11.4 Å². The maximum atomic E-state index is 14.2. The molecule has 5 rings (SSSR count). The number of nitrogens with one attached hydrogen (secondary N) is 1. The number of thioether (sulfide) groups is 1. The van der Waals surface area contributed by atoms with Crippen molar-refractivity contribution in [1.82, 2.24) is 14.9 Å². The molecule has 0 amide bonds. The summed E-state index contributed by atoms with van der Waals surface area (Å²) >= 11 is 1.62. The third kappa shape index (κ3) is 3.58. The van der Waals surface area contributed by atoms with Crippen molar-refractivity contribution in [3.63, 3.8) is 0 Å². The molecule has 7 heteroatoms. The van der Waals surface area contributed by atoms with Crippen molar-refractivity contribution in [1.29, 1.82) is 0 Å². The van der Waals surface area contributed by atoms with Crippen LogP contribution >= 0.6 is 11.8 Å². The van der Waals surface area contributed by atoms with Crippen LogP contribution in [-0.4, -0.2) is 32.7 Å². The van der Waals surface area contributed by atoms with Gasteiger partial charge in [0.15, 0.2) is 0 Å². The van der Waals surface area contributed by atoms with E-state index in [0.717, 1.165) is 54.1 Å². The summed E-state index contributed by atoms with van der Waals surface area (Å²) in [6.45, 7) is 1.60. The number of benzene rings is 2. The van der Waals surface area contributed by atoms with Crippen LogP contribution in [0, 0.1) is 11.6 Å². The van der Waals surface area contributed by atoms with Gasteiger partial charge in [0.05, 0.1) is 11.4 Å². The minimum Gasteiger partial charge on any atom is -0.341 e. The first-order chi connectivity index (χ1) is 14.1. The zero-order valence-electron chi connectivity index (χ0n) is 15.8. The molecule has 3 aromatic rings. The second-order valence-electron chi connectivity index (χ2n) is 7.75. The Morgan fingerprint density at radius 2 is 1.93 bits per heavy atom. The molecule has 0 aliphatic carbocycles. The van der Waals surface area contributed by atoms with Gasteiger partial charge >= 0.3 is 0 Å². The number of rotatable bonds is 3. The molecule has 0 spiro atoms. The summed E-state index contributed by atoms with van der Waals surface area (Å²) in [5, 5.41) is -0.217. The molecule has 2 aliphatic rings. The van der Waals surface area contributed by atoms with Crippen LogP contribution in [-0.2, 0) is 13.1 Å². The van der Waals surface area contributed by atoms with E-state index in [1.807, 2.05) is 30.3 Å². The van der Waals surface area contributed by atoms with Gasteiger partial charge in [-0.05, 0) is 24.6 Å². The second-order valence-corrected chi connectivity index (χ2v) is 8.93. The highest BCUT2D eigenvalue weighted by molar-refractivity contribution is 7.99. The Bertz CT molecular complexity index is 999. The second kappa shape index (κ2) is 7.55. The highest BCUT2D eigenvalue weighted by Gasteiger charge is 2.37. The monoisotopic (exact) mass is 412 g/mol. The number of halogens is 2. The number of H-pyrrole nitrogens is 1. The van der Waals surface area contributed by atoms with E-state index in [1.54, 1.807) is 11.8 Å². The fraction of sp³-hybridized carbons (Fsp3) is 0.318. The van der Waals surface area contributed by atoms with Crippen molar-refractivity contribution >= 4 is 11.8 Å². The molecule has 1 saturated heterocycles. The van der Waals surface area contributed by atoms with E-state index in [1.165, 1.54) is 12.1 Å². The topological polar surface area (TPSA) is 57.9 Å². The Morgan fingerprint density at radius 3 is 2.69 bits per heavy atom. The molecule has 0 bridgehead atoms. The molecule has 150 valence electrons. The molecule has 2 aromatic carbocycles. The molecule has 1 fully saturated rings. The fourth-order valence-corrected chi connectivity index (χ4v) is 5.80. The first kappa shape index (κ1) is 18.8. The number of fused-ring (bicyclic) bond motifs is 1. The molecule has 2 aliphatic heterocycles. The number of hydrogen-bond acceptors (Lipinski definition) is 4. The normalized spacial score (nSPS) is 24.6. The van der Waals surface area contributed by atoms with Gasteiger partial charge in [0.25, 0.3) is 0 Å². The largest absolute Gasteiger partial charge is 0.341 e. The van der Waals surface area contributed by atoms with Crippen molar-refractivity contribution in [2.24, 2.45) is 5.73 Å². The maximum absolute atomic E-state index is 14.2. The standard InChI is InChI=1S/C22H22F2N4S/c23-14-6-7-17(24)16(8-14)21-18(25)9-15(12-29-21)28-10-19-20(11-28)27-22(26-19)13-4-2-1-3-5-13/h1-8,15,18,21H,9-12,25H2,(H,26,27)/t15-,18+,21?/m1/s1. The van der Waals surface area contributed by atoms with E-state index >= 15 is 0 Å². The number of aromatic amines is 1. The summed E-state index contributed by atoms with van der Waals surface area (Å²) in [5.74, 6) is 0.942. The fourth-order valence-electron chi connectivity index (χ4n) is 4.30. The first-order valence-corrected chi connectivity index (χ1v) is 10.8. The summed E-state index contributed by atoms with van der Waals surface area (Å²) in [6, 6.07) is 13.8. The molecule has 1 unspecified atom stereocenters. The Hall–Kier alpha value is -2.22. The minimum absolute atomic E-state index is 0.217. The summed E-state index contributed by atoms with van der Waals surface area (Å²) < 4.78 is 27.8. The van der Waals surface area contributed by atoms with Crippen molar-refractivity contribution in [2.75, 3.05) is 5.75 Å². The van der Waals surface area contributed by atoms with Crippen LogP contribution in [0.1, 0.15) is 28.6 Å². The van der Waals surface area contributed by atoms with Crippen molar-refractivity contribution in [2.45, 2.75) is 36.8 Å². The van der Waals surface area contributed by atoms with Crippen molar-refractivity contribution in [3.05, 3.63) is 77.1 Å². The third-order valence-electron chi connectivity index (χ3n) is 5.81. The Labute approximate surface area is 172 Å². The lowest BCUT2D eigenvalue weighted by atomic mass is 9.98. The summed E-state index contributed by atoms with van der Waals surface area (Å²) in [5.41, 5.74) is 10.1. The van der Waals surface area contributed by atoms with Gasteiger partial charge < -0.3 is 10.7 Å². The molecule has 3 atom stereocenters. The van der Waals surface area contributed by atoms with Gasteiger partial charge in [0.2, 0.25) is 0 Å². The summed E-state index contributed by atoms with van der Waals surface area (Å²) in [7, 11) is 0. The van der Waals surface area contributed by atoms with E-state index in [2.05, 4.69) is 9.88 Å². The molecule has 4 nitrogen and oxygen atoms in total. The lowest BCUT2D eigenvalue weighted by molar-refractivity contribution is 0.190. The zero-order valence-corrected chi connectivity index (χ0v) is 16.6. The SMILES string of the molecule is N[C@H]1C[C@@H](N2Cc3nc(-c4ccccc4)[nH]c3C2)CSC1c1cc(F)ccc1F. The van der Waals surface area contributed by atoms with Crippen LogP contribution in [0.5, 0.6) is 0 Å². The molecule has 3 heterocycles. The molecule has 0 saturated carbocycles. The molecular weight excluding hydrogens is 390 g/mol.